The van der Waals surface area contributed by atoms with E-state index in [1.54, 1.807) is 4.90 Å². The van der Waals surface area contributed by atoms with E-state index in [0.717, 1.165) is 0 Å². The largest absolute Gasteiger partial charge is 0.339 e. The molecule has 1 aromatic rings. The van der Waals surface area contributed by atoms with Gasteiger partial charge in [-0.3, -0.25) is 14.9 Å². The van der Waals surface area contributed by atoms with Gasteiger partial charge in [0.2, 0.25) is 0 Å². The van der Waals surface area contributed by atoms with E-state index in [1.165, 1.54) is 24.3 Å². The van der Waals surface area contributed by atoms with Crippen molar-refractivity contribution in [3.63, 3.8) is 0 Å². The van der Waals surface area contributed by atoms with Crippen LogP contribution in [0.2, 0.25) is 0 Å². The Bertz CT molecular complexity index is 383. The summed E-state index contributed by atoms with van der Waals surface area (Å²) in [5.74, 6) is -0.0973. The Labute approximate surface area is 93.8 Å². The van der Waals surface area contributed by atoms with Gasteiger partial charge in [0.1, 0.15) is 0 Å². The zero-order valence-corrected chi connectivity index (χ0v) is 9.34. The van der Waals surface area contributed by atoms with Gasteiger partial charge >= 0.3 is 0 Å². The zero-order chi connectivity index (χ0) is 12.1. The maximum absolute atomic E-state index is 11.8. The fourth-order valence-corrected chi connectivity index (χ4v) is 1.42. The summed E-state index contributed by atoms with van der Waals surface area (Å²) in [7, 11) is 0. The van der Waals surface area contributed by atoms with Crippen molar-refractivity contribution in [2.45, 2.75) is 13.8 Å². The Morgan fingerprint density at radius 3 is 2.12 bits per heavy atom. The number of benzene rings is 1. The molecule has 0 heterocycles. The van der Waals surface area contributed by atoms with Crippen LogP contribution in [0.25, 0.3) is 0 Å². The predicted octanol–water partition coefficient (Wildman–Crippen LogP) is 2.08. The van der Waals surface area contributed by atoms with E-state index in [-0.39, 0.29) is 11.6 Å². The lowest BCUT2D eigenvalue weighted by Crippen LogP contribution is -2.30. The normalized spacial score (nSPS) is 9.88. The number of nitrogens with zero attached hydrogens (tertiary/aromatic N) is 2. The summed E-state index contributed by atoms with van der Waals surface area (Å²) in [6.45, 7) is 5.05. The molecule has 1 amide bonds. The van der Waals surface area contributed by atoms with Crippen LogP contribution in [0.4, 0.5) is 5.69 Å². The van der Waals surface area contributed by atoms with E-state index in [9.17, 15) is 14.9 Å². The van der Waals surface area contributed by atoms with Gasteiger partial charge in [-0.25, -0.2) is 0 Å². The minimum absolute atomic E-state index is 0.00361. The van der Waals surface area contributed by atoms with Crippen molar-refractivity contribution in [3.05, 3.63) is 39.9 Å². The molecule has 16 heavy (non-hydrogen) atoms. The molecule has 0 unspecified atom stereocenters. The van der Waals surface area contributed by atoms with Crippen LogP contribution in [0.1, 0.15) is 24.2 Å². The van der Waals surface area contributed by atoms with Crippen LogP contribution in [0.3, 0.4) is 0 Å². The summed E-state index contributed by atoms with van der Waals surface area (Å²) in [6.07, 6.45) is 0. The average Bonchev–Trinajstić information content (AvgIpc) is 2.30. The summed E-state index contributed by atoms with van der Waals surface area (Å²) in [5, 5.41) is 10.4. The number of carbonyl (C=O) groups excluding carboxylic acids is 1. The number of nitro benzene ring substituents is 1. The summed E-state index contributed by atoms with van der Waals surface area (Å²) in [6, 6.07) is 5.66. The fourth-order valence-electron chi connectivity index (χ4n) is 1.42. The van der Waals surface area contributed by atoms with Crippen LogP contribution in [-0.4, -0.2) is 28.8 Å². The smallest absolute Gasteiger partial charge is 0.269 e. The summed E-state index contributed by atoms with van der Waals surface area (Å²) in [5.41, 5.74) is 0.477. The Balaban J connectivity index is 2.89. The Morgan fingerprint density at radius 2 is 1.75 bits per heavy atom. The van der Waals surface area contributed by atoms with Crippen molar-refractivity contribution < 1.29 is 9.72 Å². The van der Waals surface area contributed by atoms with E-state index < -0.39 is 4.92 Å². The zero-order valence-electron chi connectivity index (χ0n) is 9.34. The molecule has 86 valence electrons. The third-order valence-electron chi connectivity index (χ3n) is 2.38. The molecule has 0 aromatic heterocycles. The molecule has 0 aliphatic heterocycles. The van der Waals surface area contributed by atoms with E-state index >= 15 is 0 Å². The lowest BCUT2D eigenvalue weighted by atomic mass is 10.2. The molecule has 1 aromatic carbocycles. The van der Waals surface area contributed by atoms with E-state index in [4.69, 9.17) is 0 Å². The molecule has 0 fully saturated rings. The van der Waals surface area contributed by atoms with Crippen molar-refractivity contribution in [2.75, 3.05) is 13.1 Å². The van der Waals surface area contributed by atoms with Crippen molar-refractivity contribution in [1.29, 1.82) is 0 Å². The maximum atomic E-state index is 11.8. The Morgan fingerprint density at radius 1 is 1.25 bits per heavy atom. The minimum Gasteiger partial charge on any atom is -0.339 e. The molecule has 0 saturated carbocycles. The third-order valence-corrected chi connectivity index (χ3v) is 2.38. The predicted molar refractivity (Wildman–Crippen MR) is 60.3 cm³/mol. The Kier molecular flexibility index (Phi) is 3.99. The second-order valence-electron chi connectivity index (χ2n) is 3.28. The first-order valence-electron chi connectivity index (χ1n) is 5.13. The standard InChI is InChI=1S/C11H14N2O3/c1-3-12(4-2)11(14)9-5-7-10(8-6-9)13(15)16/h5-8H,3-4H2,1-2H3. The van der Waals surface area contributed by atoms with Gasteiger partial charge in [0.15, 0.2) is 0 Å². The third kappa shape index (κ3) is 2.56. The van der Waals surface area contributed by atoms with Gasteiger partial charge in [0.25, 0.3) is 11.6 Å². The van der Waals surface area contributed by atoms with Crippen molar-refractivity contribution >= 4 is 11.6 Å². The van der Waals surface area contributed by atoms with Gasteiger partial charge in [0, 0.05) is 30.8 Å². The highest BCUT2D eigenvalue weighted by atomic mass is 16.6. The molecular weight excluding hydrogens is 208 g/mol. The lowest BCUT2D eigenvalue weighted by molar-refractivity contribution is -0.384. The van der Waals surface area contributed by atoms with Gasteiger partial charge in [-0.2, -0.15) is 0 Å². The van der Waals surface area contributed by atoms with Crippen LogP contribution in [0.5, 0.6) is 0 Å². The first-order chi connectivity index (χ1) is 7.60. The lowest BCUT2D eigenvalue weighted by Gasteiger charge is -2.18. The first-order valence-corrected chi connectivity index (χ1v) is 5.13. The molecule has 0 N–H and O–H groups in total. The maximum Gasteiger partial charge on any atom is 0.269 e. The van der Waals surface area contributed by atoms with Crippen LogP contribution in [-0.2, 0) is 0 Å². The summed E-state index contributed by atoms with van der Waals surface area (Å²) >= 11 is 0. The highest BCUT2D eigenvalue weighted by Gasteiger charge is 2.13. The molecule has 1 rings (SSSR count). The van der Waals surface area contributed by atoms with Crippen molar-refractivity contribution in [1.82, 2.24) is 4.90 Å². The van der Waals surface area contributed by atoms with Crippen LogP contribution < -0.4 is 0 Å². The van der Waals surface area contributed by atoms with Gasteiger partial charge in [-0.05, 0) is 26.0 Å². The SMILES string of the molecule is CCN(CC)C(=O)c1ccc([N+](=O)[O-])cc1. The Hall–Kier alpha value is -1.91. The van der Waals surface area contributed by atoms with Crippen LogP contribution in [0.15, 0.2) is 24.3 Å². The van der Waals surface area contributed by atoms with E-state index in [1.807, 2.05) is 13.8 Å². The van der Waals surface area contributed by atoms with Crippen molar-refractivity contribution in [3.8, 4) is 0 Å². The second-order valence-corrected chi connectivity index (χ2v) is 3.28. The number of hydrogen-bond acceptors (Lipinski definition) is 3. The molecule has 5 nitrogen and oxygen atoms in total. The molecular formula is C11H14N2O3. The van der Waals surface area contributed by atoms with Crippen LogP contribution >= 0.6 is 0 Å². The van der Waals surface area contributed by atoms with E-state index in [2.05, 4.69) is 0 Å². The molecule has 0 spiro atoms. The number of amides is 1. The van der Waals surface area contributed by atoms with E-state index in [0.29, 0.717) is 18.7 Å². The molecule has 0 atom stereocenters. The fraction of sp³-hybridized carbons (Fsp3) is 0.364. The average molecular weight is 222 g/mol. The number of carbonyl (C=O) groups is 1. The highest BCUT2D eigenvalue weighted by Crippen LogP contribution is 2.13. The summed E-state index contributed by atoms with van der Waals surface area (Å²) in [4.78, 5) is 23.5. The molecule has 0 aliphatic carbocycles. The van der Waals surface area contributed by atoms with Gasteiger partial charge in [-0.15, -0.1) is 0 Å². The molecule has 0 saturated heterocycles. The molecule has 0 bridgehead atoms. The molecule has 0 aliphatic rings. The number of nitro groups is 1. The second kappa shape index (κ2) is 5.25. The topological polar surface area (TPSA) is 63.5 Å². The van der Waals surface area contributed by atoms with Gasteiger partial charge in [-0.1, -0.05) is 0 Å². The quantitative estimate of drug-likeness (QED) is 0.578. The van der Waals surface area contributed by atoms with Crippen LogP contribution in [0, 0.1) is 10.1 Å². The molecule has 0 radical (unpaired) electrons. The number of rotatable bonds is 4. The highest BCUT2D eigenvalue weighted by molar-refractivity contribution is 5.94. The minimum atomic E-state index is -0.480. The number of hydrogen-bond donors (Lipinski definition) is 0. The summed E-state index contributed by atoms with van der Waals surface area (Å²) < 4.78 is 0. The van der Waals surface area contributed by atoms with Gasteiger partial charge < -0.3 is 4.90 Å². The van der Waals surface area contributed by atoms with Gasteiger partial charge in [0.05, 0.1) is 4.92 Å². The van der Waals surface area contributed by atoms with Crippen molar-refractivity contribution in [2.24, 2.45) is 0 Å². The monoisotopic (exact) mass is 222 g/mol. The number of non-ortho nitro benzene ring substituents is 1. The first kappa shape index (κ1) is 12.2. The molecule has 5 heteroatoms.